The molecule has 1 fully saturated rings. The van der Waals surface area contributed by atoms with Crippen molar-refractivity contribution in [2.75, 3.05) is 13.6 Å². The maximum absolute atomic E-state index is 13.5. The van der Waals surface area contributed by atoms with E-state index in [-0.39, 0.29) is 29.8 Å². The lowest BCUT2D eigenvalue weighted by atomic mass is 10.0. The largest absolute Gasteiger partial charge is 0.416 e. The van der Waals surface area contributed by atoms with E-state index in [2.05, 4.69) is 14.0 Å². The number of thiocarbonyl (C=S) groups is 1. The Hall–Kier alpha value is -2.92. The van der Waals surface area contributed by atoms with E-state index >= 15 is 0 Å². The molecule has 2 aromatic carbocycles. The zero-order chi connectivity index (χ0) is 28.6. The maximum atomic E-state index is 13.5. The van der Waals surface area contributed by atoms with Crippen molar-refractivity contribution in [2.45, 2.75) is 64.1 Å². The lowest BCUT2D eigenvalue weighted by molar-refractivity contribution is -0.143. The molecule has 2 N–H and O–H groups in total. The van der Waals surface area contributed by atoms with Crippen molar-refractivity contribution in [2.24, 2.45) is 5.73 Å². The van der Waals surface area contributed by atoms with Gasteiger partial charge in [-0.15, -0.1) is 0 Å². The van der Waals surface area contributed by atoms with Crippen LogP contribution in [0.25, 0.3) is 10.9 Å². The van der Waals surface area contributed by atoms with Crippen LogP contribution < -0.4 is 10.2 Å². The van der Waals surface area contributed by atoms with Crippen molar-refractivity contribution in [1.82, 2.24) is 14.4 Å². The van der Waals surface area contributed by atoms with Crippen LogP contribution >= 0.6 is 12.2 Å². The first-order valence-electron chi connectivity index (χ1n) is 12.8. The topological polar surface area (TPSA) is 42.2 Å². The highest BCUT2D eigenvalue weighted by Crippen LogP contribution is 2.38. The molecule has 3 aromatic rings. The summed E-state index contributed by atoms with van der Waals surface area (Å²) < 4.78 is 81.3. The Bertz CT molecular complexity index is 1320. The molecule has 0 saturated heterocycles. The van der Waals surface area contributed by atoms with Crippen molar-refractivity contribution >= 4 is 34.1 Å². The summed E-state index contributed by atoms with van der Waals surface area (Å²) in [6, 6.07) is 11.5. The van der Waals surface area contributed by atoms with Crippen molar-refractivity contribution < 1.29 is 26.3 Å². The Labute approximate surface area is 229 Å². The summed E-state index contributed by atoms with van der Waals surface area (Å²) in [7, 11) is 2.13. The summed E-state index contributed by atoms with van der Waals surface area (Å²) >= 11 is 5.23. The number of pyridine rings is 1. The molecule has 1 aliphatic carbocycles. The molecule has 1 heterocycles. The molecule has 1 saturated carbocycles. The molecule has 0 bridgehead atoms. The van der Waals surface area contributed by atoms with Gasteiger partial charge >= 0.3 is 12.4 Å². The fourth-order valence-electron chi connectivity index (χ4n) is 5.51. The predicted octanol–water partition coefficient (Wildman–Crippen LogP) is 7.42. The number of halogens is 6. The number of nitrogens with zero attached hydrogens (tertiary/aromatic N) is 3. The van der Waals surface area contributed by atoms with Crippen LogP contribution in [0.5, 0.6) is 0 Å². The highest BCUT2D eigenvalue weighted by Gasteiger charge is 2.40. The SMILES string of the molecule is CC[N+](C)(c1nc2ccccc2cc1CN(Cc1cc(C(F)(F)F)cc(C(F)(F)F)c1)C(N)=S)C1CCCC1. The minimum Gasteiger partial charge on any atom is -0.376 e. The zero-order valence-electron chi connectivity index (χ0n) is 21.7. The van der Waals surface area contributed by atoms with Gasteiger partial charge in [0.15, 0.2) is 5.11 Å². The molecule has 1 aliphatic rings. The van der Waals surface area contributed by atoms with E-state index in [9.17, 15) is 26.3 Å². The highest BCUT2D eigenvalue weighted by molar-refractivity contribution is 7.80. The second-order valence-corrected chi connectivity index (χ2v) is 10.7. The number of para-hydroxylation sites is 1. The average Bonchev–Trinajstić information content (AvgIpc) is 3.42. The van der Waals surface area contributed by atoms with Gasteiger partial charge in [0.25, 0.3) is 0 Å². The summed E-state index contributed by atoms with van der Waals surface area (Å²) in [4.78, 5) is 6.46. The monoisotopic (exact) mass is 569 g/mol. The minimum absolute atomic E-state index is 0.0840. The second kappa shape index (κ2) is 10.9. The molecule has 210 valence electrons. The molecule has 0 aliphatic heterocycles. The number of fused-ring (bicyclic) bond motifs is 1. The molecule has 4 rings (SSSR count). The number of benzene rings is 2. The lowest BCUT2D eigenvalue weighted by Crippen LogP contribution is -2.53. The third-order valence-corrected chi connectivity index (χ3v) is 8.00. The van der Waals surface area contributed by atoms with Crippen LogP contribution in [-0.2, 0) is 25.4 Å². The van der Waals surface area contributed by atoms with Gasteiger partial charge in [0, 0.05) is 11.9 Å². The Balaban J connectivity index is 1.78. The van der Waals surface area contributed by atoms with Gasteiger partial charge in [-0.1, -0.05) is 18.2 Å². The van der Waals surface area contributed by atoms with Gasteiger partial charge in [0.2, 0.25) is 5.82 Å². The van der Waals surface area contributed by atoms with Crippen LogP contribution in [0, 0.1) is 0 Å². The van der Waals surface area contributed by atoms with Crippen molar-refractivity contribution in [3.05, 3.63) is 70.8 Å². The van der Waals surface area contributed by atoms with Gasteiger partial charge in [-0.05, 0) is 80.7 Å². The first-order valence-corrected chi connectivity index (χ1v) is 13.2. The van der Waals surface area contributed by atoms with E-state index < -0.39 is 23.5 Å². The summed E-state index contributed by atoms with van der Waals surface area (Å²) in [5.74, 6) is 0.810. The van der Waals surface area contributed by atoms with Crippen molar-refractivity contribution in [3.63, 3.8) is 0 Å². The lowest BCUT2D eigenvalue weighted by Gasteiger charge is -2.39. The third kappa shape index (κ3) is 6.30. The van der Waals surface area contributed by atoms with Crippen molar-refractivity contribution in [3.8, 4) is 0 Å². The molecule has 11 heteroatoms. The number of hydrogen-bond acceptors (Lipinski definition) is 2. The standard InChI is InChI=1S/C28H30F6N4S/c1-3-38(2,23-9-5-6-10-23)25-20(14-19-8-4-7-11-24(19)36-25)17-37(26(35)39)16-18-12-21(27(29,30)31)15-22(13-18)28(32,33)34/h4,7-8,11-15,23H,3,5-6,9-10,16-17H2,1-2H3,(H-,35,39)/p+1. The Morgan fingerprint density at radius 1 is 0.974 bits per heavy atom. The van der Waals surface area contributed by atoms with Crippen LogP contribution in [0.3, 0.4) is 0 Å². The normalized spacial score (nSPS) is 16.4. The quantitative estimate of drug-likeness (QED) is 0.183. The van der Waals surface area contributed by atoms with E-state index in [4.69, 9.17) is 22.9 Å². The fraction of sp³-hybridized carbons (Fsp3) is 0.429. The molecular formula is C28H31F6N4S+. The minimum atomic E-state index is -4.94. The Morgan fingerprint density at radius 2 is 1.56 bits per heavy atom. The van der Waals surface area contributed by atoms with E-state index in [0.29, 0.717) is 22.7 Å². The average molecular weight is 570 g/mol. The molecule has 0 spiro atoms. The van der Waals surface area contributed by atoms with E-state index in [1.807, 2.05) is 30.3 Å². The van der Waals surface area contributed by atoms with Gasteiger partial charge in [0.05, 0.1) is 48.4 Å². The van der Waals surface area contributed by atoms with Gasteiger partial charge in [0.1, 0.15) is 0 Å². The van der Waals surface area contributed by atoms with Gasteiger partial charge in [-0.3, -0.25) is 4.48 Å². The number of rotatable bonds is 7. The Morgan fingerprint density at radius 3 is 2.10 bits per heavy atom. The zero-order valence-corrected chi connectivity index (χ0v) is 22.6. The Kier molecular flexibility index (Phi) is 8.14. The van der Waals surface area contributed by atoms with Gasteiger partial charge < -0.3 is 10.6 Å². The molecule has 0 radical (unpaired) electrons. The van der Waals surface area contributed by atoms with E-state index in [1.54, 1.807) is 0 Å². The molecule has 0 amide bonds. The smallest absolute Gasteiger partial charge is 0.376 e. The van der Waals surface area contributed by atoms with Gasteiger partial charge in [-0.25, -0.2) is 0 Å². The van der Waals surface area contributed by atoms with E-state index in [1.165, 1.54) is 4.90 Å². The number of aromatic nitrogens is 1. The molecular weight excluding hydrogens is 538 g/mol. The summed E-state index contributed by atoms with van der Waals surface area (Å²) in [5.41, 5.74) is 4.64. The first-order chi connectivity index (χ1) is 18.2. The van der Waals surface area contributed by atoms with Crippen molar-refractivity contribution in [1.29, 1.82) is 0 Å². The van der Waals surface area contributed by atoms with Crippen LogP contribution in [0.2, 0.25) is 0 Å². The summed E-state index contributed by atoms with van der Waals surface area (Å²) in [5, 5.41) is 0.735. The van der Waals surface area contributed by atoms with Crippen LogP contribution in [0.1, 0.15) is 54.9 Å². The molecule has 39 heavy (non-hydrogen) atoms. The highest BCUT2D eigenvalue weighted by atomic mass is 32.1. The van der Waals surface area contributed by atoms with Crippen LogP contribution in [0.4, 0.5) is 32.2 Å². The van der Waals surface area contributed by atoms with Gasteiger partial charge in [-0.2, -0.15) is 31.3 Å². The maximum Gasteiger partial charge on any atom is 0.416 e. The second-order valence-electron chi connectivity index (χ2n) is 10.3. The molecule has 1 aromatic heterocycles. The number of alkyl halides is 6. The third-order valence-electron chi connectivity index (χ3n) is 7.75. The fourth-order valence-corrected chi connectivity index (χ4v) is 5.64. The summed E-state index contributed by atoms with van der Waals surface area (Å²) in [6.45, 7) is 2.61. The number of hydrogen-bond donors (Lipinski definition) is 1. The number of nitrogens with two attached hydrogens (primary N) is 1. The molecule has 1 unspecified atom stereocenters. The number of quaternary nitrogens is 1. The summed E-state index contributed by atoms with van der Waals surface area (Å²) in [6.07, 6.45) is -5.55. The van der Waals surface area contributed by atoms with Crippen LogP contribution in [0.15, 0.2) is 48.5 Å². The first kappa shape index (κ1) is 29.1. The molecule has 1 atom stereocenters. The van der Waals surface area contributed by atoms with E-state index in [0.717, 1.165) is 54.5 Å². The van der Waals surface area contributed by atoms with Crippen LogP contribution in [-0.4, -0.2) is 34.6 Å². The molecule has 4 nitrogen and oxygen atoms in total. The predicted molar refractivity (Wildman–Crippen MR) is 145 cm³/mol.